The van der Waals surface area contributed by atoms with Gasteiger partial charge in [-0.3, -0.25) is 0 Å². The van der Waals surface area contributed by atoms with Crippen molar-refractivity contribution in [2.45, 2.75) is 38.8 Å². The number of hydrogen-bond donors (Lipinski definition) is 0. The summed E-state index contributed by atoms with van der Waals surface area (Å²) in [5, 5.41) is 0. The molecule has 0 aromatic heterocycles. The molecule has 54 valence electrons. The first-order valence-corrected chi connectivity index (χ1v) is 3.55. The van der Waals surface area contributed by atoms with E-state index in [1.165, 1.54) is 0 Å². The van der Waals surface area contributed by atoms with Gasteiger partial charge in [-0.05, 0) is 0 Å². The second-order valence-corrected chi connectivity index (χ2v) is 2.24. The van der Waals surface area contributed by atoms with Crippen molar-refractivity contribution in [3.63, 3.8) is 0 Å². The Labute approximate surface area is 55.9 Å². The van der Waals surface area contributed by atoms with Gasteiger partial charge in [0.15, 0.2) is 0 Å². The molecule has 0 unspecified atom stereocenters. The molecule has 0 radical (unpaired) electrons. The summed E-state index contributed by atoms with van der Waals surface area (Å²) in [5.41, 5.74) is 0. The van der Waals surface area contributed by atoms with Gasteiger partial charge in [0.05, 0.1) is 0 Å². The van der Waals surface area contributed by atoms with Crippen molar-refractivity contribution in [1.82, 2.24) is 0 Å². The Hall–Kier alpha value is -0.0751. The standard InChI is InChI=1S/C6H13BF2/c1-2-4-7-5-3-6(8)9/h6-7H,2-5H2,1H3. The Bertz CT molecular complexity index is 57.0. The van der Waals surface area contributed by atoms with Gasteiger partial charge in [-0.1, -0.05) is 26.0 Å². The van der Waals surface area contributed by atoms with Gasteiger partial charge in [-0.25, -0.2) is 8.78 Å². The largest absolute Gasteiger partial charge is 0.238 e. The highest BCUT2D eigenvalue weighted by Gasteiger charge is 2.00. The van der Waals surface area contributed by atoms with Crippen LogP contribution in [0.15, 0.2) is 0 Å². The van der Waals surface area contributed by atoms with Crippen LogP contribution in [0.5, 0.6) is 0 Å². The molecule has 0 rings (SSSR count). The van der Waals surface area contributed by atoms with Crippen LogP contribution in [0.25, 0.3) is 0 Å². The zero-order valence-corrected chi connectivity index (χ0v) is 5.87. The number of halogens is 2. The predicted molar refractivity (Wildman–Crippen MR) is 37.7 cm³/mol. The number of hydrogen-bond acceptors (Lipinski definition) is 0. The maximum absolute atomic E-state index is 11.5. The molecule has 0 heterocycles. The molecule has 0 saturated heterocycles. The monoisotopic (exact) mass is 134 g/mol. The molecule has 0 fully saturated rings. The molecule has 0 nitrogen and oxygen atoms in total. The van der Waals surface area contributed by atoms with Crippen LogP contribution >= 0.6 is 0 Å². The summed E-state index contributed by atoms with van der Waals surface area (Å²) in [4.78, 5) is 0. The van der Waals surface area contributed by atoms with Crippen LogP contribution in [-0.2, 0) is 0 Å². The Balaban J connectivity index is 2.75. The lowest BCUT2D eigenvalue weighted by Gasteiger charge is -1.94. The van der Waals surface area contributed by atoms with Crippen molar-refractivity contribution < 1.29 is 8.78 Å². The van der Waals surface area contributed by atoms with Crippen molar-refractivity contribution in [2.24, 2.45) is 0 Å². The molecular weight excluding hydrogens is 121 g/mol. The van der Waals surface area contributed by atoms with Crippen LogP contribution in [0.1, 0.15) is 19.8 Å². The second kappa shape index (κ2) is 6.05. The third-order valence-corrected chi connectivity index (χ3v) is 1.28. The molecular formula is C6H13BF2. The van der Waals surface area contributed by atoms with Gasteiger partial charge < -0.3 is 0 Å². The molecule has 0 aliphatic rings. The maximum Gasteiger partial charge on any atom is 0.238 e. The first kappa shape index (κ1) is 8.92. The van der Waals surface area contributed by atoms with Crippen LogP contribution < -0.4 is 0 Å². The zero-order valence-electron chi connectivity index (χ0n) is 5.87. The van der Waals surface area contributed by atoms with E-state index < -0.39 is 6.43 Å². The molecule has 0 saturated carbocycles. The van der Waals surface area contributed by atoms with E-state index in [0.717, 1.165) is 20.0 Å². The highest BCUT2D eigenvalue weighted by atomic mass is 19.3. The van der Waals surface area contributed by atoms with Gasteiger partial charge in [0.25, 0.3) is 0 Å². The molecule has 0 aromatic rings. The smallest absolute Gasteiger partial charge is 0.211 e. The summed E-state index contributed by atoms with van der Waals surface area (Å²) in [6, 6.07) is 0. The normalized spacial score (nSPS) is 10.2. The highest BCUT2D eigenvalue weighted by Crippen LogP contribution is 2.03. The van der Waals surface area contributed by atoms with Crippen LogP contribution in [0.3, 0.4) is 0 Å². The lowest BCUT2D eigenvalue weighted by molar-refractivity contribution is 0.144. The molecule has 0 bridgehead atoms. The number of rotatable bonds is 5. The molecule has 3 heteroatoms. The van der Waals surface area contributed by atoms with E-state index in [1.807, 2.05) is 0 Å². The minimum Gasteiger partial charge on any atom is -0.211 e. The highest BCUT2D eigenvalue weighted by molar-refractivity contribution is 6.35. The topological polar surface area (TPSA) is 0 Å². The van der Waals surface area contributed by atoms with Crippen molar-refractivity contribution in [1.29, 1.82) is 0 Å². The van der Waals surface area contributed by atoms with Gasteiger partial charge in [0.2, 0.25) is 6.43 Å². The Morgan fingerprint density at radius 1 is 1.33 bits per heavy atom. The SMILES string of the molecule is CCCBCCC(F)F. The molecule has 0 amide bonds. The predicted octanol–water partition coefficient (Wildman–Crippen LogP) is 2.32. The summed E-state index contributed by atoms with van der Waals surface area (Å²) >= 11 is 0. The summed E-state index contributed by atoms with van der Waals surface area (Å²) in [6.07, 6.45) is 0.878. The van der Waals surface area contributed by atoms with E-state index in [-0.39, 0.29) is 6.42 Å². The molecule has 9 heavy (non-hydrogen) atoms. The summed E-state index contributed by atoms with van der Waals surface area (Å²) < 4.78 is 22.9. The Morgan fingerprint density at radius 2 is 2.00 bits per heavy atom. The third-order valence-electron chi connectivity index (χ3n) is 1.28. The van der Waals surface area contributed by atoms with Crippen LogP contribution in [-0.4, -0.2) is 13.7 Å². The van der Waals surface area contributed by atoms with E-state index >= 15 is 0 Å². The van der Waals surface area contributed by atoms with Gasteiger partial charge >= 0.3 is 0 Å². The third kappa shape index (κ3) is 7.92. The zero-order chi connectivity index (χ0) is 7.11. The lowest BCUT2D eigenvalue weighted by Crippen LogP contribution is -1.94. The second-order valence-electron chi connectivity index (χ2n) is 2.24. The van der Waals surface area contributed by atoms with E-state index in [4.69, 9.17) is 0 Å². The first-order chi connectivity index (χ1) is 4.27. The van der Waals surface area contributed by atoms with Gasteiger partial charge in [-0.2, -0.15) is 0 Å². The fourth-order valence-corrected chi connectivity index (χ4v) is 0.725. The van der Waals surface area contributed by atoms with Crippen molar-refractivity contribution in [3.05, 3.63) is 0 Å². The van der Waals surface area contributed by atoms with Crippen LogP contribution in [0.4, 0.5) is 8.78 Å². The molecule has 0 atom stereocenters. The van der Waals surface area contributed by atoms with Crippen molar-refractivity contribution >= 4 is 7.28 Å². The molecule has 0 aliphatic carbocycles. The summed E-state index contributed by atoms with van der Waals surface area (Å²) in [5.74, 6) is 0. The van der Waals surface area contributed by atoms with Crippen molar-refractivity contribution in [2.75, 3.05) is 0 Å². The van der Waals surface area contributed by atoms with Gasteiger partial charge in [-0.15, -0.1) is 0 Å². The Kier molecular flexibility index (Phi) is 6.00. The summed E-state index contributed by atoms with van der Waals surface area (Å²) in [6.45, 7) is 2.07. The minimum absolute atomic E-state index is 0.0833. The van der Waals surface area contributed by atoms with E-state index in [9.17, 15) is 8.78 Å². The van der Waals surface area contributed by atoms with Gasteiger partial charge in [0, 0.05) is 6.42 Å². The van der Waals surface area contributed by atoms with Gasteiger partial charge in [0.1, 0.15) is 7.28 Å². The van der Waals surface area contributed by atoms with Crippen molar-refractivity contribution in [3.8, 4) is 0 Å². The Morgan fingerprint density at radius 3 is 2.44 bits per heavy atom. The van der Waals surface area contributed by atoms with E-state index in [0.29, 0.717) is 6.32 Å². The fourth-order valence-electron chi connectivity index (χ4n) is 0.725. The molecule has 0 aromatic carbocycles. The summed E-state index contributed by atoms with van der Waals surface area (Å²) in [7, 11) is 0.959. The quantitative estimate of drug-likeness (QED) is 0.399. The average molecular weight is 134 g/mol. The fraction of sp³-hybridized carbons (Fsp3) is 1.00. The number of alkyl halides is 2. The van der Waals surface area contributed by atoms with Crippen LogP contribution in [0, 0.1) is 0 Å². The molecule has 0 spiro atoms. The molecule has 0 N–H and O–H groups in total. The first-order valence-electron chi connectivity index (χ1n) is 3.55. The average Bonchev–Trinajstić information content (AvgIpc) is 1.80. The maximum atomic E-state index is 11.5. The van der Waals surface area contributed by atoms with Crippen LogP contribution in [0.2, 0.25) is 12.6 Å². The minimum atomic E-state index is -2.10. The van der Waals surface area contributed by atoms with E-state index in [2.05, 4.69) is 6.92 Å². The molecule has 0 aliphatic heterocycles. The van der Waals surface area contributed by atoms with E-state index in [1.54, 1.807) is 0 Å². The lowest BCUT2D eigenvalue weighted by atomic mass is 9.69.